The molecule has 0 aliphatic carbocycles. The minimum absolute atomic E-state index is 0.0542. The molecule has 1 aromatic rings. The topological polar surface area (TPSA) is 20.2 Å². The third kappa shape index (κ3) is 4.48. The molecule has 6 heteroatoms. The van der Waals surface area contributed by atoms with E-state index in [0.29, 0.717) is 15.6 Å². The fourth-order valence-corrected chi connectivity index (χ4v) is 2.66. The van der Waals surface area contributed by atoms with Gasteiger partial charge in [-0.3, -0.25) is 0 Å². The summed E-state index contributed by atoms with van der Waals surface area (Å²) < 4.78 is -1.54. The number of benzene rings is 1. The number of halogens is 5. The maximum Gasteiger partial charge on any atom is 0.193 e. The van der Waals surface area contributed by atoms with Crippen LogP contribution in [0.15, 0.2) is 18.2 Å². The molecular formula is C10H9Cl5O. The normalized spacial score (nSPS) is 15.9. The zero-order chi connectivity index (χ0) is 12.6. The van der Waals surface area contributed by atoms with Gasteiger partial charge in [0.15, 0.2) is 3.79 Å². The fraction of sp³-hybridized carbons (Fsp3) is 0.400. The van der Waals surface area contributed by atoms with Crippen LogP contribution in [0.2, 0.25) is 10.0 Å². The molecule has 0 aliphatic heterocycles. The SMILES string of the molecule is CC(O)(CC(Cl)(Cl)Cl)c1cc(Cl)cc(Cl)c1. The van der Waals surface area contributed by atoms with E-state index in [1.165, 1.54) is 6.92 Å². The lowest BCUT2D eigenvalue weighted by Gasteiger charge is -2.27. The molecule has 0 spiro atoms. The molecule has 0 fully saturated rings. The number of alkyl halides is 3. The first-order valence-electron chi connectivity index (χ1n) is 4.36. The highest BCUT2D eigenvalue weighted by Crippen LogP contribution is 2.40. The van der Waals surface area contributed by atoms with Crippen LogP contribution in [0.25, 0.3) is 0 Å². The highest BCUT2D eigenvalue weighted by atomic mass is 35.6. The van der Waals surface area contributed by atoms with E-state index >= 15 is 0 Å². The van der Waals surface area contributed by atoms with Crippen molar-refractivity contribution in [3.05, 3.63) is 33.8 Å². The quantitative estimate of drug-likeness (QED) is 0.763. The Bertz CT molecular complexity index is 363. The molecule has 16 heavy (non-hydrogen) atoms. The van der Waals surface area contributed by atoms with Gasteiger partial charge >= 0.3 is 0 Å². The second-order valence-electron chi connectivity index (χ2n) is 3.72. The maximum atomic E-state index is 10.2. The molecule has 1 nitrogen and oxygen atoms in total. The molecule has 1 N–H and O–H groups in total. The minimum Gasteiger partial charge on any atom is -0.385 e. The van der Waals surface area contributed by atoms with Gasteiger partial charge in [0.2, 0.25) is 0 Å². The molecule has 90 valence electrons. The Morgan fingerprint density at radius 1 is 1.06 bits per heavy atom. The third-order valence-corrected chi connectivity index (χ3v) is 2.87. The van der Waals surface area contributed by atoms with Crippen LogP contribution in [-0.2, 0) is 5.60 Å². The summed E-state index contributed by atoms with van der Waals surface area (Å²) in [5, 5.41) is 11.0. The average Bonchev–Trinajstić information content (AvgIpc) is 1.96. The molecule has 1 rings (SSSR count). The van der Waals surface area contributed by atoms with Crippen LogP contribution in [0, 0.1) is 0 Å². The summed E-state index contributed by atoms with van der Waals surface area (Å²) in [5.74, 6) is 0. The van der Waals surface area contributed by atoms with Crippen LogP contribution in [0.5, 0.6) is 0 Å². The maximum absolute atomic E-state index is 10.2. The van der Waals surface area contributed by atoms with E-state index in [2.05, 4.69) is 0 Å². The van der Waals surface area contributed by atoms with Gasteiger partial charge in [-0.15, -0.1) is 0 Å². The Labute approximate surface area is 119 Å². The van der Waals surface area contributed by atoms with E-state index in [1.54, 1.807) is 18.2 Å². The molecule has 0 aromatic heterocycles. The van der Waals surface area contributed by atoms with Crippen molar-refractivity contribution in [3.63, 3.8) is 0 Å². The molecule has 0 amide bonds. The van der Waals surface area contributed by atoms with Crippen LogP contribution < -0.4 is 0 Å². The van der Waals surface area contributed by atoms with E-state index in [0.717, 1.165) is 0 Å². The third-order valence-electron chi connectivity index (χ3n) is 2.03. The first-order valence-corrected chi connectivity index (χ1v) is 6.25. The fourth-order valence-electron chi connectivity index (χ4n) is 1.36. The molecule has 0 saturated heterocycles. The standard InChI is InChI=1S/C10H9Cl5O/c1-9(16,5-10(13,14)15)6-2-7(11)4-8(12)3-6/h2-4,16H,5H2,1H3. The summed E-state index contributed by atoms with van der Waals surface area (Å²) in [6, 6.07) is 4.74. The lowest BCUT2D eigenvalue weighted by molar-refractivity contribution is 0.0491. The second kappa shape index (κ2) is 5.09. The van der Waals surface area contributed by atoms with E-state index in [4.69, 9.17) is 58.0 Å². The molecule has 0 aliphatic rings. The highest BCUT2D eigenvalue weighted by Gasteiger charge is 2.34. The van der Waals surface area contributed by atoms with Crippen LogP contribution in [-0.4, -0.2) is 8.90 Å². The molecule has 1 aromatic carbocycles. The van der Waals surface area contributed by atoms with Gasteiger partial charge in [0, 0.05) is 16.5 Å². The summed E-state index contributed by atoms with van der Waals surface area (Å²) in [6.07, 6.45) is -0.0542. The number of aliphatic hydroxyl groups is 1. The van der Waals surface area contributed by atoms with E-state index in [1.807, 2.05) is 0 Å². The first kappa shape index (κ1) is 14.7. The van der Waals surface area contributed by atoms with Crippen molar-refractivity contribution in [2.75, 3.05) is 0 Å². The summed E-state index contributed by atoms with van der Waals surface area (Å²) in [6.45, 7) is 1.54. The van der Waals surface area contributed by atoms with Crippen LogP contribution in [0.1, 0.15) is 18.9 Å². The minimum atomic E-state index is -1.54. The van der Waals surface area contributed by atoms with Gasteiger partial charge in [0.1, 0.15) is 0 Å². The Morgan fingerprint density at radius 3 is 1.88 bits per heavy atom. The first-order chi connectivity index (χ1) is 7.10. The molecule has 0 saturated carbocycles. The van der Waals surface area contributed by atoms with Gasteiger partial charge in [-0.1, -0.05) is 58.0 Å². The van der Waals surface area contributed by atoms with Crippen molar-refractivity contribution in [1.29, 1.82) is 0 Å². The molecule has 0 heterocycles. The molecule has 1 atom stereocenters. The highest BCUT2D eigenvalue weighted by molar-refractivity contribution is 6.67. The summed E-state index contributed by atoms with van der Waals surface area (Å²) >= 11 is 28.6. The zero-order valence-electron chi connectivity index (χ0n) is 8.28. The van der Waals surface area contributed by atoms with Gasteiger partial charge in [-0.25, -0.2) is 0 Å². The lowest BCUT2D eigenvalue weighted by atomic mass is 9.93. The van der Waals surface area contributed by atoms with Crippen molar-refractivity contribution < 1.29 is 5.11 Å². The Morgan fingerprint density at radius 2 is 1.50 bits per heavy atom. The van der Waals surface area contributed by atoms with E-state index in [-0.39, 0.29) is 6.42 Å². The van der Waals surface area contributed by atoms with Gasteiger partial charge < -0.3 is 5.11 Å². The van der Waals surface area contributed by atoms with E-state index in [9.17, 15) is 5.11 Å². The monoisotopic (exact) mass is 320 g/mol. The van der Waals surface area contributed by atoms with Crippen LogP contribution in [0.3, 0.4) is 0 Å². The van der Waals surface area contributed by atoms with Gasteiger partial charge in [0.05, 0.1) is 5.60 Å². The van der Waals surface area contributed by atoms with Crippen LogP contribution >= 0.6 is 58.0 Å². The largest absolute Gasteiger partial charge is 0.385 e. The van der Waals surface area contributed by atoms with Gasteiger partial charge in [-0.2, -0.15) is 0 Å². The van der Waals surface area contributed by atoms with Crippen LogP contribution in [0.4, 0.5) is 0 Å². The second-order valence-corrected chi connectivity index (χ2v) is 7.11. The molecule has 0 radical (unpaired) electrons. The average molecular weight is 322 g/mol. The van der Waals surface area contributed by atoms with Crippen molar-refractivity contribution >= 4 is 58.0 Å². The smallest absolute Gasteiger partial charge is 0.193 e. The Kier molecular flexibility index (Phi) is 4.68. The van der Waals surface area contributed by atoms with Crippen molar-refractivity contribution in [2.24, 2.45) is 0 Å². The molecular weight excluding hydrogens is 313 g/mol. The van der Waals surface area contributed by atoms with Crippen molar-refractivity contribution in [3.8, 4) is 0 Å². The summed E-state index contributed by atoms with van der Waals surface area (Å²) in [4.78, 5) is 0. The summed E-state index contributed by atoms with van der Waals surface area (Å²) in [5.41, 5.74) is -0.795. The molecule has 0 bridgehead atoms. The number of rotatable bonds is 2. The summed E-state index contributed by atoms with van der Waals surface area (Å²) in [7, 11) is 0. The zero-order valence-corrected chi connectivity index (χ0v) is 12.1. The number of hydrogen-bond acceptors (Lipinski definition) is 1. The Hall–Kier alpha value is 0.630. The predicted molar refractivity (Wildman–Crippen MR) is 70.9 cm³/mol. The molecule has 1 unspecified atom stereocenters. The van der Waals surface area contributed by atoms with Gasteiger partial charge in [-0.05, 0) is 30.7 Å². The predicted octanol–water partition coefficient (Wildman–Crippen LogP) is 4.96. The number of hydrogen-bond donors (Lipinski definition) is 1. The lowest BCUT2D eigenvalue weighted by Crippen LogP contribution is -2.27. The van der Waals surface area contributed by atoms with Crippen molar-refractivity contribution in [2.45, 2.75) is 22.7 Å². The van der Waals surface area contributed by atoms with E-state index < -0.39 is 9.39 Å². The van der Waals surface area contributed by atoms with Gasteiger partial charge in [0.25, 0.3) is 0 Å². The Balaban J connectivity index is 3.06. The van der Waals surface area contributed by atoms with Crippen molar-refractivity contribution in [1.82, 2.24) is 0 Å².